The molecule has 110 valence electrons. The molecule has 3 rings (SSSR count). The number of allylic oxidation sites excluding steroid dienone is 2. The number of hydrogen-bond acceptors (Lipinski definition) is 3. The van der Waals surface area contributed by atoms with Crippen LogP contribution >= 0.6 is 0 Å². The van der Waals surface area contributed by atoms with Gasteiger partial charge in [-0.05, 0) is 37.0 Å². The quantitative estimate of drug-likeness (QED) is 0.775. The van der Waals surface area contributed by atoms with Crippen molar-refractivity contribution in [3.05, 3.63) is 12.2 Å². The van der Waals surface area contributed by atoms with Crippen LogP contribution in [0.15, 0.2) is 12.2 Å². The molecule has 0 saturated heterocycles. The first kappa shape index (κ1) is 13.7. The lowest BCUT2D eigenvalue weighted by atomic mass is 9.82. The molecule has 2 bridgehead atoms. The average molecular weight is 276 g/mol. The van der Waals surface area contributed by atoms with E-state index in [1.165, 1.54) is 32.1 Å². The molecule has 0 aromatic carbocycles. The molecule has 3 aliphatic rings. The first-order chi connectivity index (χ1) is 9.66. The Bertz CT molecular complexity index is 425. The summed E-state index contributed by atoms with van der Waals surface area (Å²) in [6, 6.07) is 0. The maximum absolute atomic E-state index is 12.4. The topological polar surface area (TPSA) is 69.2 Å². The van der Waals surface area contributed by atoms with Crippen LogP contribution in [0.5, 0.6) is 0 Å². The fraction of sp³-hybridized carbons (Fsp3) is 0.750. The van der Waals surface area contributed by atoms with Gasteiger partial charge in [0.1, 0.15) is 0 Å². The fourth-order valence-electron chi connectivity index (χ4n) is 4.26. The van der Waals surface area contributed by atoms with Gasteiger partial charge in [0.15, 0.2) is 0 Å². The van der Waals surface area contributed by atoms with Gasteiger partial charge in [0.05, 0.1) is 5.92 Å². The van der Waals surface area contributed by atoms with Crippen LogP contribution in [0.2, 0.25) is 0 Å². The van der Waals surface area contributed by atoms with Gasteiger partial charge in [0, 0.05) is 18.4 Å². The maximum Gasteiger partial charge on any atom is 0.224 e. The molecule has 3 aliphatic carbocycles. The lowest BCUT2D eigenvalue weighted by molar-refractivity contribution is -0.313. The molecule has 0 heterocycles. The van der Waals surface area contributed by atoms with Crippen molar-refractivity contribution >= 4 is 11.9 Å². The summed E-state index contributed by atoms with van der Waals surface area (Å²) in [5, 5.41) is 14.3. The highest BCUT2D eigenvalue weighted by atomic mass is 16.4. The van der Waals surface area contributed by atoms with Gasteiger partial charge in [-0.3, -0.25) is 4.79 Å². The van der Waals surface area contributed by atoms with Gasteiger partial charge in [-0.2, -0.15) is 0 Å². The number of nitrogens with one attached hydrogen (secondary N) is 1. The maximum atomic E-state index is 12.4. The molecule has 4 heteroatoms. The number of fused-ring (bicyclic) bond motifs is 2. The third-order valence-electron chi connectivity index (χ3n) is 5.32. The summed E-state index contributed by atoms with van der Waals surface area (Å²) < 4.78 is 0. The highest BCUT2D eigenvalue weighted by Gasteiger charge is 2.48. The number of hydrogen-bond donors (Lipinski definition) is 1. The zero-order valence-electron chi connectivity index (χ0n) is 11.7. The Balaban J connectivity index is 1.58. The SMILES string of the molecule is O=C(NCC1CCCCC1)[C@@H]1[C@@H](C(=O)[O-])[C@H]2C=C[C@@H]1C2. The van der Waals surface area contributed by atoms with Crippen molar-refractivity contribution < 1.29 is 14.7 Å². The van der Waals surface area contributed by atoms with E-state index in [4.69, 9.17) is 0 Å². The van der Waals surface area contributed by atoms with Gasteiger partial charge in [-0.25, -0.2) is 0 Å². The Morgan fingerprint density at radius 3 is 2.35 bits per heavy atom. The lowest BCUT2D eigenvalue weighted by Gasteiger charge is -2.29. The van der Waals surface area contributed by atoms with E-state index in [9.17, 15) is 14.7 Å². The summed E-state index contributed by atoms with van der Waals surface area (Å²) in [5.41, 5.74) is 0. The van der Waals surface area contributed by atoms with Crippen LogP contribution < -0.4 is 10.4 Å². The van der Waals surface area contributed by atoms with Gasteiger partial charge in [-0.1, -0.05) is 31.4 Å². The third kappa shape index (κ3) is 2.48. The minimum Gasteiger partial charge on any atom is -0.550 e. The van der Waals surface area contributed by atoms with Crippen LogP contribution in [-0.4, -0.2) is 18.4 Å². The Labute approximate surface area is 119 Å². The van der Waals surface area contributed by atoms with Crippen LogP contribution in [0.4, 0.5) is 0 Å². The fourth-order valence-corrected chi connectivity index (χ4v) is 4.26. The summed E-state index contributed by atoms with van der Waals surface area (Å²) in [6.45, 7) is 0.705. The molecule has 20 heavy (non-hydrogen) atoms. The van der Waals surface area contributed by atoms with E-state index >= 15 is 0 Å². The minimum atomic E-state index is -1.07. The number of aliphatic carboxylic acids is 1. The van der Waals surface area contributed by atoms with Crippen molar-refractivity contribution in [3.8, 4) is 0 Å². The zero-order chi connectivity index (χ0) is 14.1. The summed E-state index contributed by atoms with van der Waals surface area (Å²) in [5.74, 6) is -1.54. The summed E-state index contributed by atoms with van der Waals surface area (Å²) in [6.07, 6.45) is 10.9. The Morgan fingerprint density at radius 2 is 1.70 bits per heavy atom. The Morgan fingerprint density at radius 1 is 1.05 bits per heavy atom. The summed E-state index contributed by atoms with van der Waals surface area (Å²) >= 11 is 0. The van der Waals surface area contributed by atoms with Gasteiger partial charge in [0.25, 0.3) is 0 Å². The standard InChI is InChI=1S/C16H23NO3/c18-15(17-9-10-4-2-1-3-5-10)13-11-6-7-12(8-11)14(13)16(19)20/h6-7,10-14H,1-5,8-9H2,(H,17,18)(H,19,20)/p-1/t11-,12+,13+,14+/m1/s1. The van der Waals surface area contributed by atoms with E-state index in [1.807, 2.05) is 12.2 Å². The van der Waals surface area contributed by atoms with Crippen molar-refractivity contribution in [2.24, 2.45) is 29.6 Å². The summed E-state index contributed by atoms with van der Waals surface area (Å²) in [7, 11) is 0. The molecule has 0 aliphatic heterocycles. The van der Waals surface area contributed by atoms with Crippen LogP contribution in [0.3, 0.4) is 0 Å². The van der Waals surface area contributed by atoms with Crippen LogP contribution in [0.1, 0.15) is 38.5 Å². The lowest BCUT2D eigenvalue weighted by Crippen LogP contribution is -2.45. The molecule has 4 nitrogen and oxygen atoms in total. The van der Waals surface area contributed by atoms with E-state index in [0.717, 1.165) is 6.42 Å². The Hall–Kier alpha value is -1.32. The first-order valence-corrected chi connectivity index (χ1v) is 7.83. The molecule has 2 fully saturated rings. The third-order valence-corrected chi connectivity index (χ3v) is 5.32. The van der Waals surface area contributed by atoms with Crippen molar-refractivity contribution in [2.45, 2.75) is 38.5 Å². The van der Waals surface area contributed by atoms with E-state index < -0.39 is 17.8 Å². The van der Waals surface area contributed by atoms with Crippen LogP contribution in [-0.2, 0) is 9.59 Å². The van der Waals surface area contributed by atoms with Gasteiger partial charge in [-0.15, -0.1) is 0 Å². The van der Waals surface area contributed by atoms with Crippen LogP contribution in [0.25, 0.3) is 0 Å². The number of amides is 1. The predicted octanol–water partition coefficient (Wildman–Crippen LogP) is 0.871. The van der Waals surface area contributed by atoms with Crippen LogP contribution in [0, 0.1) is 29.6 Å². The zero-order valence-corrected chi connectivity index (χ0v) is 11.7. The average Bonchev–Trinajstić information content (AvgIpc) is 3.06. The monoisotopic (exact) mass is 276 g/mol. The minimum absolute atomic E-state index is 0.00423. The summed E-state index contributed by atoms with van der Waals surface area (Å²) in [4.78, 5) is 23.6. The number of carboxylic acids is 1. The van der Waals surface area contributed by atoms with Crippen molar-refractivity contribution in [2.75, 3.05) is 6.54 Å². The van der Waals surface area contributed by atoms with Crippen molar-refractivity contribution in [1.82, 2.24) is 5.32 Å². The van der Waals surface area contributed by atoms with Crippen molar-refractivity contribution in [3.63, 3.8) is 0 Å². The molecular formula is C16H22NO3-. The van der Waals surface area contributed by atoms with Crippen molar-refractivity contribution in [1.29, 1.82) is 0 Å². The van der Waals surface area contributed by atoms with Gasteiger partial charge < -0.3 is 15.2 Å². The highest BCUT2D eigenvalue weighted by molar-refractivity contribution is 5.86. The molecule has 2 saturated carbocycles. The van der Waals surface area contributed by atoms with E-state index in [0.29, 0.717) is 12.5 Å². The molecule has 0 spiro atoms. The molecule has 0 unspecified atom stereocenters. The normalized spacial score (nSPS) is 36.2. The largest absolute Gasteiger partial charge is 0.550 e. The molecule has 4 atom stereocenters. The van der Waals surface area contributed by atoms with E-state index in [1.54, 1.807) is 0 Å². The molecule has 0 aromatic rings. The molecular weight excluding hydrogens is 254 g/mol. The van der Waals surface area contributed by atoms with Gasteiger partial charge >= 0.3 is 0 Å². The number of carbonyl (C=O) groups excluding carboxylic acids is 2. The van der Waals surface area contributed by atoms with E-state index in [-0.39, 0.29) is 17.7 Å². The number of carbonyl (C=O) groups is 2. The first-order valence-electron chi connectivity index (χ1n) is 7.83. The molecule has 1 N–H and O–H groups in total. The predicted molar refractivity (Wildman–Crippen MR) is 72.3 cm³/mol. The number of rotatable bonds is 4. The molecule has 0 aromatic heterocycles. The van der Waals surface area contributed by atoms with E-state index in [2.05, 4.69) is 5.32 Å². The van der Waals surface area contributed by atoms with Gasteiger partial charge in [0.2, 0.25) is 5.91 Å². The smallest absolute Gasteiger partial charge is 0.224 e. The molecule has 1 amide bonds. The second kappa shape index (κ2) is 5.58. The highest BCUT2D eigenvalue weighted by Crippen LogP contribution is 2.47. The number of carboxylic acid groups (broad SMARTS) is 1. The second-order valence-electron chi connectivity index (χ2n) is 6.57. The second-order valence-corrected chi connectivity index (χ2v) is 6.57. The Kier molecular flexibility index (Phi) is 3.81. The molecule has 0 radical (unpaired) electrons.